The highest BCUT2D eigenvalue weighted by Gasteiger charge is 2.31. The summed E-state index contributed by atoms with van der Waals surface area (Å²) in [7, 11) is -3.55. The highest BCUT2D eigenvalue weighted by atomic mass is 35.5. The van der Waals surface area contributed by atoms with Gasteiger partial charge in [-0.1, -0.05) is 6.42 Å². The molecule has 2 aromatic heterocycles. The number of nitrogens with zero attached hydrogens (tertiary/aromatic N) is 1. The number of aromatic nitrogens is 2. The Bertz CT molecular complexity index is 716. The molecule has 116 valence electrons. The van der Waals surface area contributed by atoms with Gasteiger partial charge in [-0.2, -0.15) is 0 Å². The molecule has 3 rings (SSSR count). The summed E-state index contributed by atoms with van der Waals surface area (Å²) in [4.78, 5) is 7.25. The quantitative estimate of drug-likeness (QED) is 0.788. The minimum atomic E-state index is -3.55. The maximum Gasteiger partial charge on any atom is 0.243 e. The van der Waals surface area contributed by atoms with Crippen molar-refractivity contribution in [1.29, 1.82) is 0 Å². The summed E-state index contributed by atoms with van der Waals surface area (Å²) in [6.07, 6.45) is 5.97. The first-order valence-corrected chi connectivity index (χ1v) is 8.24. The topological polar surface area (TPSA) is 101 Å². The normalized spacial score (nSPS) is 22.3. The largest absolute Gasteiger partial charge is 0.345 e. The van der Waals surface area contributed by atoms with E-state index in [2.05, 4.69) is 14.7 Å². The molecule has 0 amide bonds. The predicted octanol–water partition coefficient (Wildman–Crippen LogP) is 1.39. The summed E-state index contributed by atoms with van der Waals surface area (Å²) in [5, 5.41) is 0.613. The molecule has 2 heterocycles. The number of H-pyrrole nitrogens is 1. The van der Waals surface area contributed by atoms with E-state index in [-0.39, 0.29) is 29.3 Å². The van der Waals surface area contributed by atoms with Gasteiger partial charge in [0.15, 0.2) is 0 Å². The minimum Gasteiger partial charge on any atom is -0.345 e. The van der Waals surface area contributed by atoms with Crippen molar-refractivity contribution >= 4 is 33.5 Å². The summed E-state index contributed by atoms with van der Waals surface area (Å²) in [6.45, 7) is 0.516. The first-order valence-electron chi connectivity index (χ1n) is 6.76. The molecule has 0 aliphatic heterocycles. The third-order valence-corrected chi connectivity index (χ3v) is 5.50. The third-order valence-electron chi connectivity index (χ3n) is 3.97. The van der Waals surface area contributed by atoms with E-state index in [1.807, 2.05) is 0 Å². The highest BCUT2D eigenvalue weighted by Crippen LogP contribution is 2.27. The van der Waals surface area contributed by atoms with E-state index < -0.39 is 10.0 Å². The second-order valence-electron chi connectivity index (χ2n) is 5.21. The van der Waals surface area contributed by atoms with Gasteiger partial charge in [0.2, 0.25) is 10.0 Å². The van der Waals surface area contributed by atoms with Crippen LogP contribution in [0.2, 0.25) is 0 Å². The summed E-state index contributed by atoms with van der Waals surface area (Å²) in [5.41, 5.74) is 6.28. The molecule has 0 spiro atoms. The van der Waals surface area contributed by atoms with Crippen molar-refractivity contribution in [2.45, 2.75) is 30.2 Å². The Morgan fingerprint density at radius 1 is 1.43 bits per heavy atom. The molecule has 1 fully saturated rings. The number of hydrogen-bond donors (Lipinski definition) is 3. The van der Waals surface area contributed by atoms with E-state index in [1.165, 1.54) is 6.20 Å². The van der Waals surface area contributed by atoms with Crippen LogP contribution in [-0.2, 0) is 10.0 Å². The Kier molecular flexibility index (Phi) is 4.88. The van der Waals surface area contributed by atoms with Gasteiger partial charge in [0.25, 0.3) is 0 Å². The van der Waals surface area contributed by atoms with Crippen LogP contribution in [0.15, 0.2) is 29.4 Å². The number of rotatable bonds is 4. The van der Waals surface area contributed by atoms with Crippen molar-refractivity contribution in [3.8, 4) is 0 Å². The number of nitrogens with two attached hydrogens (primary N) is 1. The lowest BCUT2D eigenvalue weighted by atomic mass is 10.1. The van der Waals surface area contributed by atoms with E-state index in [0.717, 1.165) is 19.3 Å². The Balaban J connectivity index is 0.00000161. The number of nitrogens with one attached hydrogen (secondary N) is 2. The number of sulfonamides is 1. The maximum atomic E-state index is 12.5. The molecule has 21 heavy (non-hydrogen) atoms. The maximum absolute atomic E-state index is 12.5. The van der Waals surface area contributed by atoms with Gasteiger partial charge in [0, 0.05) is 23.8 Å². The molecule has 4 N–H and O–H groups in total. The van der Waals surface area contributed by atoms with Crippen LogP contribution >= 0.6 is 12.4 Å². The van der Waals surface area contributed by atoms with Crippen molar-refractivity contribution < 1.29 is 8.42 Å². The predicted molar refractivity (Wildman–Crippen MR) is 83.8 cm³/mol. The number of hydrogen-bond acceptors (Lipinski definition) is 4. The Labute approximate surface area is 130 Å². The summed E-state index contributed by atoms with van der Waals surface area (Å²) < 4.78 is 27.8. The molecule has 1 saturated carbocycles. The highest BCUT2D eigenvalue weighted by molar-refractivity contribution is 7.89. The van der Waals surface area contributed by atoms with Gasteiger partial charge in [0.1, 0.15) is 10.5 Å². The van der Waals surface area contributed by atoms with Crippen molar-refractivity contribution in [1.82, 2.24) is 14.7 Å². The molecule has 1 aliphatic rings. The van der Waals surface area contributed by atoms with Crippen LogP contribution in [0.5, 0.6) is 0 Å². The average molecular weight is 331 g/mol. The van der Waals surface area contributed by atoms with E-state index in [4.69, 9.17) is 5.73 Å². The van der Waals surface area contributed by atoms with Gasteiger partial charge in [-0.25, -0.2) is 18.1 Å². The van der Waals surface area contributed by atoms with Crippen molar-refractivity contribution in [3.05, 3.63) is 24.5 Å². The summed E-state index contributed by atoms with van der Waals surface area (Å²) in [5.74, 6) is 0.230. The Morgan fingerprint density at radius 3 is 3.00 bits per heavy atom. The minimum absolute atomic E-state index is 0. The van der Waals surface area contributed by atoms with Gasteiger partial charge in [0.05, 0.1) is 0 Å². The van der Waals surface area contributed by atoms with Gasteiger partial charge in [-0.05, 0) is 37.4 Å². The lowest BCUT2D eigenvalue weighted by molar-refractivity contribution is 0.453. The molecule has 0 saturated heterocycles. The summed E-state index contributed by atoms with van der Waals surface area (Å²) in [6, 6.07) is 3.42. The first kappa shape index (κ1) is 16.2. The molecular weight excluding hydrogens is 312 g/mol. The second kappa shape index (κ2) is 6.31. The number of fused-ring (bicyclic) bond motifs is 1. The van der Waals surface area contributed by atoms with Gasteiger partial charge >= 0.3 is 0 Å². The van der Waals surface area contributed by atoms with E-state index >= 15 is 0 Å². The Hall–Kier alpha value is -1.15. The number of aromatic amines is 1. The van der Waals surface area contributed by atoms with E-state index in [0.29, 0.717) is 17.6 Å². The first-order chi connectivity index (χ1) is 9.62. The van der Waals surface area contributed by atoms with Crippen LogP contribution in [0, 0.1) is 5.92 Å². The van der Waals surface area contributed by atoms with Crippen LogP contribution in [0.25, 0.3) is 11.0 Å². The lowest BCUT2D eigenvalue weighted by Gasteiger charge is -2.19. The summed E-state index contributed by atoms with van der Waals surface area (Å²) >= 11 is 0. The van der Waals surface area contributed by atoms with Gasteiger partial charge in [-0.3, -0.25) is 0 Å². The SMILES string of the molecule is Cl.NCC1CCCC1NS(=O)(=O)c1c[nH]c2ncccc12. The Morgan fingerprint density at radius 2 is 2.24 bits per heavy atom. The van der Waals surface area contributed by atoms with Crippen LogP contribution in [0.1, 0.15) is 19.3 Å². The van der Waals surface area contributed by atoms with Crippen molar-refractivity contribution in [2.75, 3.05) is 6.54 Å². The number of halogens is 1. The smallest absolute Gasteiger partial charge is 0.243 e. The number of pyridine rings is 1. The van der Waals surface area contributed by atoms with E-state index in [1.54, 1.807) is 18.3 Å². The van der Waals surface area contributed by atoms with Crippen molar-refractivity contribution in [2.24, 2.45) is 11.7 Å². The van der Waals surface area contributed by atoms with Crippen molar-refractivity contribution in [3.63, 3.8) is 0 Å². The molecule has 8 heteroatoms. The molecular formula is C13H19ClN4O2S. The zero-order valence-electron chi connectivity index (χ0n) is 11.5. The fourth-order valence-electron chi connectivity index (χ4n) is 2.89. The molecule has 2 atom stereocenters. The molecule has 0 radical (unpaired) electrons. The molecule has 2 unspecified atom stereocenters. The monoisotopic (exact) mass is 330 g/mol. The van der Waals surface area contributed by atoms with Crippen LogP contribution in [-0.4, -0.2) is 31.0 Å². The molecule has 2 aromatic rings. The van der Waals surface area contributed by atoms with Crippen LogP contribution in [0.3, 0.4) is 0 Å². The fourth-order valence-corrected chi connectivity index (χ4v) is 4.39. The average Bonchev–Trinajstić information content (AvgIpc) is 3.04. The van der Waals surface area contributed by atoms with Gasteiger partial charge < -0.3 is 10.7 Å². The van der Waals surface area contributed by atoms with Crippen LogP contribution in [0.4, 0.5) is 0 Å². The molecule has 0 bridgehead atoms. The second-order valence-corrected chi connectivity index (χ2v) is 6.89. The van der Waals surface area contributed by atoms with E-state index in [9.17, 15) is 8.42 Å². The standard InChI is InChI=1S/C13H18N4O2S.ClH/c14-7-9-3-1-5-11(9)17-20(18,19)12-8-16-13-10(12)4-2-6-15-13;/h2,4,6,8-9,11,17H,1,3,5,7,14H2,(H,15,16);1H. The molecule has 0 aromatic carbocycles. The third kappa shape index (κ3) is 3.06. The van der Waals surface area contributed by atoms with Gasteiger partial charge in [-0.15, -0.1) is 12.4 Å². The molecule has 6 nitrogen and oxygen atoms in total. The van der Waals surface area contributed by atoms with Crippen LogP contribution < -0.4 is 10.5 Å². The molecule has 1 aliphatic carbocycles. The zero-order valence-corrected chi connectivity index (χ0v) is 13.1. The fraction of sp³-hybridized carbons (Fsp3) is 0.462. The zero-order chi connectivity index (χ0) is 14.2. The lowest BCUT2D eigenvalue weighted by Crippen LogP contribution is -2.39.